The number of hydrogen-bond donors (Lipinski definition) is 1. The quantitative estimate of drug-likeness (QED) is 0.630. The van der Waals surface area contributed by atoms with Gasteiger partial charge in [0.05, 0.1) is 23.1 Å². The van der Waals surface area contributed by atoms with Crippen molar-refractivity contribution >= 4 is 22.5 Å². The van der Waals surface area contributed by atoms with E-state index in [1.165, 1.54) is 11.0 Å². The Kier molecular flexibility index (Phi) is 3.47. The van der Waals surface area contributed by atoms with Gasteiger partial charge >= 0.3 is 0 Å². The SMILES string of the molecule is O=C(Nc1cccc2ncccc12)c1cnn(-c2ccccc2)n1. The minimum absolute atomic E-state index is 0.250. The number of nitrogens with zero attached hydrogens (tertiary/aromatic N) is 4. The third-order valence-electron chi connectivity index (χ3n) is 3.61. The lowest BCUT2D eigenvalue weighted by Gasteiger charge is -2.06. The van der Waals surface area contributed by atoms with Crippen LogP contribution in [0.2, 0.25) is 0 Å². The summed E-state index contributed by atoms with van der Waals surface area (Å²) < 4.78 is 0. The monoisotopic (exact) mass is 315 g/mol. The van der Waals surface area contributed by atoms with Gasteiger partial charge in [0.2, 0.25) is 0 Å². The molecule has 0 unspecified atom stereocenters. The summed E-state index contributed by atoms with van der Waals surface area (Å²) in [6.45, 7) is 0. The molecule has 0 atom stereocenters. The Morgan fingerprint density at radius 3 is 2.71 bits per heavy atom. The maximum Gasteiger partial charge on any atom is 0.277 e. The summed E-state index contributed by atoms with van der Waals surface area (Å²) in [6, 6.07) is 18.8. The summed E-state index contributed by atoms with van der Waals surface area (Å²) in [5.74, 6) is -0.312. The van der Waals surface area contributed by atoms with Gasteiger partial charge in [-0.1, -0.05) is 24.3 Å². The van der Waals surface area contributed by atoms with Crippen molar-refractivity contribution in [2.75, 3.05) is 5.32 Å². The molecule has 0 spiro atoms. The lowest BCUT2D eigenvalue weighted by molar-refractivity contribution is 0.102. The van der Waals surface area contributed by atoms with Crippen LogP contribution < -0.4 is 5.32 Å². The Labute approximate surface area is 137 Å². The Balaban J connectivity index is 1.62. The molecule has 6 nitrogen and oxygen atoms in total. The number of rotatable bonds is 3. The van der Waals surface area contributed by atoms with Crippen LogP contribution in [0.5, 0.6) is 0 Å². The number of carbonyl (C=O) groups is 1. The molecule has 0 saturated heterocycles. The van der Waals surface area contributed by atoms with Crippen molar-refractivity contribution in [1.29, 1.82) is 0 Å². The number of hydrogen-bond acceptors (Lipinski definition) is 4. The first-order valence-corrected chi connectivity index (χ1v) is 7.44. The molecule has 0 radical (unpaired) electrons. The fourth-order valence-electron chi connectivity index (χ4n) is 2.45. The zero-order valence-electron chi connectivity index (χ0n) is 12.6. The second-order valence-corrected chi connectivity index (χ2v) is 5.18. The van der Waals surface area contributed by atoms with Crippen LogP contribution in [0, 0.1) is 0 Å². The first-order valence-electron chi connectivity index (χ1n) is 7.44. The predicted octanol–water partition coefficient (Wildman–Crippen LogP) is 3.07. The Morgan fingerprint density at radius 1 is 0.958 bits per heavy atom. The van der Waals surface area contributed by atoms with Gasteiger partial charge in [0.25, 0.3) is 5.91 Å². The van der Waals surface area contributed by atoms with Crippen LogP contribution in [-0.4, -0.2) is 25.9 Å². The molecule has 0 fully saturated rings. The number of pyridine rings is 1. The van der Waals surface area contributed by atoms with E-state index in [1.54, 1.807) is 6.20 Å². The van der Waals surface area contributed by atoms with Crippen molar-refractivity contribution in [3.05, 3.63) is 78.8 Å². The standard InChI is InChI=1S/C18H13N5O/c24-18(17-12-20-23(22-17)13-6-2-1-3-7-13)21-16-10-4-9-15-14(16)8-5-11-19-15/h1-12H,(H,21,24). The molecule has 2 aromatic heterocycles. The van der Waals surface area contributed by atoms with Crippen LogP contribution in [0.1, 0.15) is 10.5 Å². The number of anilines is 1. The van der Waals surface area contributed by atoms with Gasteiger partial charge < -0.3 is 5.32 Å². The first kappa shape index (κ1) is 14.1. The highest BCUT2D eigenvalue weighted by molar-refractivity contribution is 6.07. The molecule has 0 aliphatic heterocycles. The molecule has 6 heteroatoms. The van der Waals surface area contributed by atoms with Crippen molar-refractivity contribution in [2.45, 2.75) is 0 Å². The number of para-hydroxylation sites is 1. The second-order valence-electron chi connectivity index (χ2n) is 5.18. The molecule has 0 aliphatic carbocycles. The minimum Gasteiger partial charge on any atom is -0.320 e. The zero-order valence-corrected chi connectivity index (χ0v) is 12.6. The Hall–Kier alpha value is -3.54. The molecule has 0 saturated carbocycles. The molecule has 2 aromatic carbocycles. The largest absolute Gasteiger partial charge is 0.320 e. The van der Waals surface area contributed by atoms with Crippen molar-refractivity contribution in [3.8, 4) is 5.69 Å². The number of carbonyl (C=O) groups excluding carboxylic acids is 1. The van der Waals surface area contributed by atoms with Crippen molar-refractivity contribution in [1.82, 2.24) is 20.0 Å². The van der Waals surface area contributed by atoms with Gasteiger partial charge in [-0.2, -0.15) is 9.90 Å². The van der Waals surface area contributed by atoms with E-state index < -0.39 is 0 Å². The highest BCUT2D eigenvalue weighted by atomic mass is 16.2. The Morgan fingerprint density at radius 2 is 1.83 bits per heavy atom. The second kappa shape index (κ2) is 5.92. The van der Waals surface area contributed by atoms with E-state index in [9.17, 15) is 4.79 Å². The minimum atomic E-state index is -0.312. The number of fused-ring (bicyclic) bond motifs is 1. The summed E-state index contributed by atoms with van der Waals surface area (Å²) in [6.07, 6.45) is 3.17. The maximum absolute atomic E-state index is 12.5. The van der Waals surface area contributed by atoms with Crippen LogP contribution in [-0.2, 0) is 0 Å². The molecule has 116 valence electrons. The van der Waals surface area contributed by atoms with Gasteiger partial charge in [-0.15, -0.1) is 5.10 Å². The lowest BCUT2D eigenvalue weighted by Crippen LogP contribution is -2.13. The highest BCUT2D eigenvalue weighted by Gasteiger charge is 2.13. The number of benzene rings is 2. The van der Waals surface area contributed by atoms with Crippen molar-refractivity contribution in [2.24, 2.45) is 0 Å². The topological polar surface area (TPSA) is 72.7 Å². The van der Waals surface area contributed by atoms with Gasteiger partial charge in [-0.25, -0.2) is 0 Å². The fraction of sp³-hybridized carbons (Fsp3) is 0. The molecule has 4 rings (SSSR count). The molecular formula is C18H13N5O. The van der Waals surface area contributed by atoms with Crippen LogP contribution in [0.4, 0.5) is 5.69 Å². The number of nitrogens with one attached hydrogen (secondary N) is 1. The normalized spacial score (nSPS) is 10.7. The molecule has 0 bridgehead atoms. The smallest absolute Gasteiger partial charge is 0.277 e. The van der Waals surface area contributed by atoms with Gasteiger partial charge in [0, 0.05) is 11.6 Å². The summed E-state index contributed by atoms with van der Waals surface area (Å²) in [7, 11) is 0. The van der Waals surface area contributed by atoms with E-state index in [1.807, 2.05) is 60.7 Å². The van der Waals surface area contributed by atoms with Crippen LogP contribution in [0.25, 0.3) is 16.6 Å². The average molecular weight is 315 g/mol. The summed E-state index contributed by atoms with van der Waals surface area (Å²) in [4.78, 5) is 18.2. The highest BCUT2D eigenvalue weighted by Crippen LogP contribution is 2.21. The fourth-order valence-corrected chi connectivity index (χ4v) is 2.45. The summed E-state index contributed by atoms with van der Waals surface area (Å²) in [5.41, 5.74) is 2.56. The van der Waals surface area contributed by atoms with Gasteiger partial charge in [-0.3, -0.25) is 9.78 Å². The van der Waals surface area contributed by atoms with Crippen molar-refractivity contribution < 1.29 is 4.79 Å². The third-order valence-corrected chi connectivity index (χ3v) is 3.61. The molecular weight excluding hydrogens is 302 g/mol. The van der Waals surface area contributed by atoms with E-state index in [-0.39, 0.29) is 11.6 Å². The third kappa shape index (κ3) is 2.61. The molecule has 24 heavy (non-hydrogen) atoms. The van der Waals surface area contributed by atoms with E-state index in [0.717, 1.165) is 16.6 Å². The Bertz CT molecular complexity index is 1000. The van der Waals surface area contributed by atoms with Crippen LogP contribution >= 0.6 is 0 Å². The predicted molar refractivity (Wildman–Crippen MR) is 91.1 cm³/mol. The van der Waals surface area contributed by atoms with Gasteiger partial charge in [0.1, 0.15) is 0 Å². The summed E-state index contributed by atoms with van der Waals surface area (Å²) in [5, 5.41) is 12.1. The molecule has 1 N–H and O–H groups in total. The molecule has 0 aliphatic rings. The van der Waals surface area contributed by atoms with E-state index in [2.05, 4.69) is 20.5 Å². The number of aromatic nitrogens is 4. The summed E-state index contributed by atoms with van der Waals surface area (Å²) >= 11 is 0. The maximum atomic E-state index is 12.5. The number of amides is 1. The van der Waals surface area contributed by atoms with Gasteiger partial charge in [0.15, 0.2) is 5.69 Å². The average Bonchev–Trinajstić information content (AvgIpc) is 3.13. The van der Waals surface area contributed by atoms with E-state index >= 15 is 0 Å². The molecule has 2 heterocycles. The van der Waals surface area contributed by atoms with Crippen LogP contribution in [0.15, 0.2) is 73.1 Å². The molecule has 4 aromatic rings. The van der Waals surface area contributed by atoms with E-state index in [0.29, 0.717) is 5.69 Å². The lowest BCUT2D eigenvalue weighted by atomic mass is 10.2. The van der Waals surface area contributed by atoms with E-state index in [4.69, 9.17) is 0 Å². The zero-order chi connectivity index (χ0) is 16.4. The van der Waals surface area contributed by atoms with Gasteiger partial charge in [-0.05, 0) is 36.4 Å². The first-order chi connectivity index (χ1) is 11.8. The van der Waals surface area contributed by atoms with Crippen LogP contribution in [0.3, 0.4) is 0 Å². The van der Waals surface area contributed by atoms with Crippen molar-refractivity contribution in [3.63, 3.8) is 0 Å². The molecule has 1 amide bonds.